The standard InChI is InChI=1S/C30H26ClN3O3/c31-25-13-11-24(12-14-25)30(35)27-21-26(34(36)37)15-16-28(27)32-17-19-33(20-18-32)29(22-7-3-1-4-8-22)23-9-5-2-6-10-23/h1-16,21,29H,17-20H2. The summed E-state index contributed by atoms with van der Waals surface area (Å²) in [7, 11) is 0. The van der Waals surface area contributed by atoms with Crippen LogP contribution >= 0.6 is 11.6 Å². The van der Waals surface area contributed by atoms with Gasteiger partial charge in [-0.1, -0.05) is 72.3 Å². The number of nitro benzene ring substituents is 1. The van der Waals surface area contributed by atoms with Gasteiger partial charge in [-0.25, -0.2) is 0 Å². The second-order valence-electron chi connectivity index (χ2n) is 9.04. The number of halogens is 1. The average molecular weight is 512 g/mol. The highest BCUT2D eigenvalue weighted by Crippen LogP contribution is 2.33. The van der Waals surface area contributed by atoms with Gasteiger partial charge < -0.3 is 4.90 Å². The zero-order valence-corrected chi connectivity index (χ0v) is 20.9. The predicted octanol–water partition coefficient (Wildman–Crippen LogP) is 6.39. The lowest BCUT2D eigenvalue weighted by molar-refractivity contribution is -0.384. The topological polar surface area (TPSA) is 66.7 Å². The molecule has 0 aliphatic carbocycles. The lowest BCUT2D eigenvalue weighted by Crippen LogP contribution is -2.48. The number of piperazine rings is 1. The van der Waals surface area contributed by atoms with Gasteiger partial charge in [0.05, 0.1) is 16.5 Å². The Morgan fingerprint density at radius 3 is 1.89 bits per heavy atom. The van der Waals surface area contributed by atoms with Crippen LogP contribution in [0.1, 0.15) is 33.1 Å². The van der Waals surface area contributed by atoms with Crippen LogP contribution in [-0.2, 0) is 0 Å². The maximum Gasteiger partial charge on any atom is 0.270 e. The fourth-order valence-corrected chi connectivity index (χ4v) is 5.08. The molecule has 1 saturated heterocycles. The monoisotopic (exact) mass is 511 g/mol. The van der Waals surface area contributed by atoms with Crippen molar-refractivity contribution in [2.75, 3.05) is 31.1 Å². The Morgan fingerprint density at radius 2 is 1.35 bits per heavy atom. The summed E-state index contributed by atoms with van der Waals surface area (Å²) in [6.45, 7) is 2.93. The number of hydrogen-bond acceptors (Lipinski definition) is 5. The second-order valence-corrected chi connectivity index (χ2v) is 9.48. The number of hydrogen-bond donors (Lipinski definition) is 0. The molecule has 7 heteroatoms. The number of carbonyl (C=O) groups excluding carboxylic acids is 1. The van der Waals surface area contributed by atoms with Crippen LogP contribution < -0.4 is 4.90 Å². The van der Waals surface area contributed by atoms with Gasteiger partial charge in [-0.15, -0.1) is 0 Å². The minimum atomic E-state index is -0.468. The Hall–Kier alpha value is -4.00. The normalized spacial score (nSPS) is 14.1. The average Bonchev–Trinajstić information content (AvgIpc) is 2.94. The van der Waals surface area contributed by atoms with Gasteiger partial charge in [-0.05, 0) is 41.5 Å². The molecule has 1 aliphatic heterocycles. The first kappa shape index (κ1) is 24.7. The first-order valence-corrected chi connectivity index (χ1v) is 12.6. The van der Waals surface area contributed by atoms with Crippen LogP contribution in [0.25, 0.3) is 0 Å². The van der Waals surface area contributed by atoms with Crippen LogP contribution in [0.3, 0.4) is 0 Å². The molecule has 1 fully saturated rings. The van der Waals surface area contributed by atoms with E-state index in [-0.39, 0.29) is 17.5 Å². The molecule has 6 nitrogen and oxygen atoms in total. The van der Waals surface area contributed by atoms with E-state index in [1.165, 1.54) is 23.3 Å². The van der Waals surface area contributed by atoms with E-state index in [9.17, 15) is 14.9 Å². The number of nitro groups is 1. The van der Waals surface area contributed by atoms with Gasteiger partial charge >= 0.3 is 0 Å². The molecule has 0 N–H and O–H groups in total. The van der Waals surface area contributed by atoms with Gasteiger partial charge in [0.25, 0.3) is 5.69 Å². The molecule has 0 unspecified atom stereocenters. The summed E-state index contributed by atoms with van der Waals surface area (Å²) in [6, 6.07) is 32.2. The SMILES string of the molecule is O=C(c1ccc(Cl)cc1)c1cc([N+](=O)[O-])ccc1N1CCN(C(c2ccccc2)c2ccccc2)CC1. The summed E-state index contributed by atoms with van der Waals surface area (Å²) >= 11 is 6.00. The lowest BCUT2D eigenvalue weighted by Gasteiger charge is -2.41. The Labute approximate surface area is 220 Å². The van der Waals surface area contributed by atoms with Crippen molar-refractivity contribution >= 4 is 28.8 Å². The summed E-state index contributed by atoms with van der Waals surface area (Å²) in [5, 5.41) is 12.0. The number of nitrogens with zero attached hydrogens (tertiary/aromatic N) is 3. The van der Waals surface area contributed by atoms with E-state index in [0.717, 1.165) is 13.1 Å². The van der Waals surface area contributed by atoms with Gasteiger partial charge in [-0.3, -0.25) is 19.8 Å². The number of anilines is 1. The molecule has 4 aromatic rings. The number of rotatable bonds is 7. The van der Waals surface area contributed by atoms with Crippen LogP contribution in [0, 0.1) is 10.1 Å². The third-order valence-corrected chi connectivity index (χ3v) is 7.04. The maximum absolute atomic E-state index is 13.4. The van der Waals surface area contributed by atoms with Crippen molar-refractivity contribution in [1.29, 1.82) is 0 Å². The fraction of sp³-hybridized carbons (Fsp3) is 0.167. The largest absolute Gasteiger partial charge is 0.368 e. The Morgan fingerprint density at radius 1 is 0.784 bits per heavy atom. The van der Waals surface area contributed by atoms with Gasteiger partial charge in [0, 0.05) is 54.6 Å². The van der Waals surface area contributed by atoms with E-state index >= 15 is 0 Å². The van der Waals surface area contributed by atoms with Gasteiger partial charge in [0.1, 0.15) is 0 Å². The predicted molar refractivity (Wildman–Crippen MR) is 146 cm³/mol. The quantitative estimate of drug-likeness (QED) is 0.163. The molecule has 5 rings (SSSR count). The highest BCUT2D eigenvalue weighted by atomic mass is 35.5. The molecule has 1 heterocycles. The van der Waals surface area contributed by atoms with E-state index in [1.54, 1.807) is 30.3 Å². The molecule has 37 heavy (non-hydrogen) atoms. The summed E-state index contributed by atoms with van der Waals surface area (Å²) in [6.07, 6.45) is 0. The number of ketones is 1. The van der Waals surface area contributed by atoms with Crippen molar-refractivity contribution in [2.24, 2.45) is 0 Å². The Balaban J connectivity index is 1.42. The number of non-ortho nitro benzene ring substituents is 1. The van der Waals surface area contributed by atoms with Crippen molar-refractivity contribution in [2.45, 2.75) is 6.04 Å². The molecule has 0 amide bonds. The smallest absolute Gasteiger partial charge is 0.270 e. The van der Waals surface area contributed by atoms with Crippen LogP contribution in [0.4, 0.5) is 11.4 Å². The molecule has 0 aromatic heterocycles. The van der Waals surface area contributed by atoms with E-state index < -0.39 is 4.92 Å². The van der Waals surface area contributed by atoms with E-state index in [1.807, 2.05) is 12.1 Å². The van der Waals surface area contributed by atoms with Gasteiger partial charge in [0.15, 0.2) is 5.78 Å². The van der Waals surface area contributed by atoms with Crippen LogP contribution in [0.15, 0.2) is 103 Å². The summed E-state index contributed by atoms with van der Waals surface area (Å²) < 4.78 is 0. The molecule has 1 aliphatic rings. The molecule has 0 spiro atoms. The van der Waals surface area contributed by atoms with Crippen molar-refractivity contribution in [1.82, 2.24) is 4.90 Å². The molecule has 0 saturated carbocycles. The van der Waals surface area contributed by atoms with Gasteiger partial charge in [-0.2, -0.15) is 0 Å². The summed E-state index contributed by atoms with van der Waals surface area (Å²) in [5.74, 6) is -0.260. The van der Waals surface area contributed by atoms with E-state index in [0.29, 0.717) is 34.9 Å². The fourth-order valence-electron chi connectivity index (χ4n) is 4.96. The minimum absolute atomic E-state index is 0.104. The van der Waals surface area contributed by atoms with E-state index in [4.69, 9.17) is 11.6 Å². The van der Waals surface area contributed by atoms with Crippen molar-refractivity contribution in [3.8, 4) is 0 Å². The molecule has 0 atom stereocenters. The highest BCUT2D eigenvalue weighted by molar-refractivity contribution is 6.30. The molecule has 0 radical (unpaired) electrons. The number of benzene rings is 4. The van der Waals surface area contributed by atoms with Crippen molar-refractivity contribution in [3.05, 3.63) is 141 Å². The van der Waals surface area contributed by atoms with Crippen LogP contribution in [-0.4, -0.2) is 41.8 Å². The second kappa shape index (κ2) is 10.9. The molecule has 4 aromatic carbocycles. The molecular formula is C30H26ClN3O3. The minimum Gasteiger partial charge on any atom is -0.368 e. The summed E-state index contributed by atoms with van der Waals surface area (Å²) in [4.78, 5) is 29.1. The molecule has 0 bridgehead atoms. The Kier molecular flexibility index (Phi) is 7.30. The zero-order valence-electron chi connectivity index (χ0n) is 20.2. The molecule has 186 valence electrons. The van der Waals surface area contributed by atoms with Crippen LogP contribution in [0.2, 0.25) is 5.02 Å². The summed E-state index contributed by atoms with van der Waals surface area (Å²) in [5.41, 5.74) is 3.84. The third-order valence-electron chi connectivity index (χ3n) is 6.79. The lowest BCUT2D eigenvalue weighted by atomic mass is 9.96. The molecular weight excluding hydrogens is 486 g/mol. The third kappa shape index (κ3) is 5.40. The Bertz CT molecular complexity index is 1350. The van der Waals surface area contributed by atoms with Gasteiger partial charge in [0.2, 0.25) is 0 Å². The number of carbonyl (C=O) groups is 1. The van der Waals surface area contributed by atoms with E-state index in [2.05, 4.69) is 58.3 Å². The maximum atomic E-state index is 13.4. The first-order chi connectivity index (χ1) is 18.0. The van der Waals surface area contributed by atoms with Crippen molar-refractivity contribution in [3.63, 3.8) is 0 Å². The first-order valence-electron chi connectivity index (χ1n) is 12.2. The zero-order chi connectivity index (χ0) is 25.8. The van der Waals surface area contributed by atoms with Crippen LogP contribution in [0.5, 0.6) is 0 Å². The van der Waals surface area contributed by atoms with Crippen molar-refractivity contribution < 1.29 is 9.72 Å². The highest BCUT2D eigenvalue weighted by Gasteiger charge is 2.29.